The molecule has 4 nitrogen and oxygen atoms in total. The van der Waals surface area contributed by atoms with Gasteiger partial charge >= 0.3 is 0 Å². The van der Waals surface area contributed by atoms with Crippen LogP contribution < -0.4 is 9.47 Å². The fourth-order valence-electron chi connectivity index (χ4n) is 6.32. The molecule has 0 radical (unpaired) electrons. The summed E-state index contributed by atoms with van der Waals surface area (Å²) < 4.78 is 17.6. The van der Waals surface area contributed by atoms with Crippen LogP contribution in [0.4, 0.5) is 0 Å². The van der Waals surface area contributed by atoms with Crippen molar-refractivity contribution in [1.82, 2.24) is 0 Å². The number of methoxy groups -OCH3 is 2. The molecule has 2 aliphatic rings. The number of furan rings is 1. The molecule has 1 saturated carbocycles. The lowest BCUT2D eigenvalue weighted by Crippen LogP contribution is -2.44. The van der Waals surface area contributed by atoms with Crippen LogP contribution in [-0.2, 0) is 5.41 Å². The summed E-state index contributed by atoms with van der Waals surface area (Å²) in [5.41, 5.74) is 2.73. The van der Waals surface area contributed by atoms with Crippen molar-refractivity contribution in [3.05, 3.63) is 23.0 Å². The maximum atomic E-state index is 12.0. The van der Waals surface area contributed by atoms with Gasteiger partial charge in [-0.15, -0.1) is 0 Å². The summed E-state index contributed by atoms with van der Waals surface area (Å²) in [5, 5.41) is 1.02. The maximum absolute atomic E-state index is 12.0. The Morgan fingerprint density at radius 3 is 2.54 bits per heavy atom. The molecule has 1 aromatic carbocycles. The highest BCUT2D eigenvalue weighted by atomic mass is 16.5. The summed E-state index contributed by atoms with van der Waals surface area (Å²) in [7, 11) is 3.18. The quantitative estimate of drug-likeness (QED) is 0.587. The van der Waals surface area contributed by atoms with E-state index >= 15 is 0 Å². The van der Waals surface area contributed by atoms with Crippen LogP contribution in [0.2, 0.25) is 0 Å². The van der Waals surface area contributed by atoms with Gasteiger partial charge in [0.1, 0.15) is 16.9 Å². The van der Waals surface area contributed by atoms with E-state index in [0.717, 1.165) is 30.3 Å². The molecule has 1 fully saturated rings. The lowest BCUT2D eigenvalue weighted by atomic mass is 9.53. The Balaban J connectivity index is 2.09. The molecule has 1 aromatic heterocycles. The minimum atomic E-state index is 0.0346. The number of aldehydes is 1. The van der Waals surface area contributed by atoms with Crippen molar-refractivity contribution < 1.29 is 18.7 Å². The molecule has 0 spiro atoms. The normalized spacial score (nSPS) is 28.9. The van der Waals surface area contributed by atoms with Crippen LogP contribution in [-0.4, -0.2) is 20.5 Å². The third-order valence-corrected chi connectivity index (χ3v) is 7.64. The Hall–Kier alpha value is -1.97. The summed E-state index contributed by atoms with van der Waals surface area (Å²) in [4.78, 5) is 12.0. The molecule has 4 rings (SSSR count). The monoisotopic (exact) mass is 384 g/mol. The van der Waals surface area contributed by atoms with Gasteiger partial charge in [0.05, 0.1) is 14.2 Å². The Kier molecular flexibility index (Phi) is 4.52. The van der Waals surface area contributed by atoms with Crippen LogP contribution in [0.15, 0.2) is 10.5 Å². The lowest BCUT2D eigenvalue weighted by Gasteiger charge is -2.50. The van der Waals surface area contributed by atoms with E-state index in [1.807, 2.05) is 6.07 Å². The Morgan fingerprint density at radius 1 is 1.14 bits per heavy atom. The van der Waals surface area contributed by atoms with Gasteiger partial charge in [0.2, 0.25) is 0 Å². The van der Waals surface area contributed by atoms with Crippen LogP contribution in [0.1, 0.15) is 87.4 Å². The van der Waals surface area contributed by atoms with E-state index in [9.17, 15) is 4.79 Å². The predicted molar refractivity (Wildman–Crippen MR) is 111 cm³/mol. The SMILES string of the molecule is COc1cc2c3c(oc2c(C=O)c1OC)C(C)CCC1C(C)(C)CCCC31C. The molecule has 0 aliphatic heterocycles. The third kappa shape index (κ3) is 2.53. The van der Waals surface area contributed by atoms with Crippen molar-refractivity contribution in [1.29, 1.82) is 0 Å². The smallest absolute Gasteiger partial charge is 0.175 e. The van der Waals surface area contributed by atoms with Gasteiger partial charge < -0.3 is 13.9 Å². The van der Waals surface area contributed by atoms with E-state index in [1.54, 1.807) is 14.2 Å². The summed E-state index contributed by atoms with van der Waals surface area (Å²) in [6.07, 6.45) is 6.80. The van der Waals surface area contributed by atoms with Crippen molar-refractivity contribution in [2.45, 2.75) is 71.1 Å². The van der Waals surface area contributed by atoms with Crippen molar-refractivity contribution >= 4 is 17.3 Å². The Morgan fingerprint density at radius 2 is 1.89 bits per heavy atom. The minimum Gasteiger partial charge on any atom is -0.493 e. The minimum absolute atomic E-state index is 0.0346. The van der Waals surface area contributed by atoms with Gasteiger partial charge in [0, 0.05) is 16.9 Å². The van der Waals surface area contributed by atoms with Gasteiger partial charge in [-0.3, -0.25) is 4.79 Å². The average molecular weight is 385 g/mol. The number of fused-ring (bicyclic) bond motifs is 5. The average Bonchev–Trinajstić information content (AvgIpc) is 3.00. The van der Waals surface area contributed by atoms with E-state index in [4.69, 9.17) is 13.9 Å². The number of hydrogen-bond donors (Lipinski definition) is 0. The second-order valence-electron chi connectivity index (χ2n) is 9.65. The largest absolute Gasteiger partial charge is 0.493 e. The highest BCUT2D eigenvalue weighted by molar-refractivity contribution is 6.01. The molecule has 28 heavy (non-hydrogen) atoms. The van der Waals surface area contributed by atoms with Gasteiger partial charge in [-0.25, -0.2) is 0 Å². The molecule has 0 saturated heterocycles. The highest BCUT2D eigenvalue weighted by Crippen LogP contribution is 2.60. The van der Waals surface area contributed by atoms with Crippen molar-refractivity contribution in [2.24, 2.45) is 11.3 Å². The molecule has 3 unspecified atom stereocenters. The van der Waals surface area contributed by atoms with Gasteiger partial charge in [0.25, 0.3) is 0 Å². The molecule has 1 heterocycles. The van der Waals surface area contributed by atoms with E-state index in [2.05, 4.69) is 27.7 Å². The molecule has 152 valence electrons. The molecule has 2 aromatic rings. The second-order valence-corrected chi connectivity index (χ2v) is 9.65. The van der Waals surface area contributed by atoms with Gasteiger partial charge in [-0.05, 0) is 48.5 Å². The number of carbonyl (C=O) groups excluding carboxylic acids is 1. The number of benzene rings is 1. The molecule has 0 bridgehead atoms. The maximum Gasteiger partial charge on any atom is 0.175 e. The molecular weight excluding hydrogens is 352 g/mol. The number of hydrogen-bond acceptors (Lipinski definition) is 4. The van der Waals surface area contributed by atoms with Crippen LogP contribution in [0, 0.1) is 11.3 Å². The summed E-state index contributed by atoms with van der Waals surface area (Å²) >= 11 is 0. The Labute approximate surface area is 167 Å². The molecule has 4 heteroatoms. The molecule has 3 atom stereocenters. The summed E-state index contributed by atoms with van der Waals surface area (Å²) in [6, 6.07) is 2.02. The van der Waals surface area contributed by atoms with E-state index in [1.165, 1.54) is 24.8 Å². The first-order chi connectivity index (χ1) is 13.3. The fraction of sp³-hybridized carbons (Fsp3) is 0.625. The standard InChI is InChI=1S/C24H32O4/c1-14-8-9-18-23(2,3)10-7-11-24(18,4)19-15-12-17(26-5)22(27-6)16(13-25)21(15)28-20(14)19/h12-14,18H,7-11H2,1-6H3. The zero-order valence-corrected chi connectivity index (χ0v) is 18.0. The van der Waals surface area contributed by atoms with E-state index in [0.29, 0.717) is 39.9 Å². The summed E-state index contributed by atoms with van der Waals surface area (Å²) in [5.74, 6) is 3.01. The van der Waals surface area contributed by atoms with Crippen molar-refractivity contribution in [2.75, 3.05) is 14.2 Å². The first-order valence-electron chi connectivity index (χ1n) is 10.5. The number of ether oxygens (including phenoxy) is 2. The Bertz CT molecular complexity index is 923. The molecule has 0 amide bonds. The van der Waals surface area contributed by atoms with Gasteiger partial charge in [0.15, 0.2) is 17.8 Å². The first kappa shape index (κ1) is 19.4. The van der Waals surface area contributed by atoms with Gasteiger partial charge in [-0.2, -0.15) is 0 Å². The van der Waals surface area contributed by atoms with Crippen molar-refractivity contribution in [3.63, 3.8) is 0 Å². The number of carbonyl (C=O) groups is 1. The van der Waals surface area contributed by atoms with Crippen LogP contribution in [0.5, 0.6) is 11.5 Å². The molecule has 0 N–H and O–H groups in total. The predicted octanol–water partition coefficient (Wildman–Crippen LogP) is 6.24. The van der Waals surface area contributed by atoms with Crippen LogP contribution in [0.25, 0.3) is 11.0 Å². The zero-order valence-electron chi connectivity index (χ0n) is 18.0. The number of rotatable bonds is 3. The highest BCUT2D eigenvalue weighted by Gasteiger charge is 2.51. The van der Waals surface area contributed by atoms with E-state index in [-0.39, 0.29) is 5.41 Å². The third-order valence-electron chi connectivity index (χ3n) is 7.64. The fourth-order valence-corrected chi connectivity index (χ4v) is 6.32. The van der Waals surface area contributed by atoms with Crippen LogP contribution in [0.3, 0.4) is 0 Å². The molecule has 2 aliphatic carbocycles. The van der Waals surface area contributed by atoms with Crippen LogP contribution >= 0.6 is 0 Å². The first-order valence-corrected chi connectivity index (χ1v) is 10.5. The van der Waals surface area contributed by atoms with E-state index < -0.39 is 0 Å². The van der Waals surface area contributed by atoms with Crippen molar-refractivity contribution in [3.8, 4) is 11.5 Å². The zero-order chi connectivity index (χ0) is 20.3. The molecular formula is C24H32O4. The second kappa shape index (κ2) is 6.53. The lowest BCUT2D eigenvalue weighted by molar-refractivity contribution is 0.0504. The summed E-state index contributed by atoms with van der Waals surface area (Å²) in [6.45, 7) is 9.52. The van der Waals surface area contributed by atoms with Gasteiger partial charge in [-0.1, -0.05) is 34.1 Å². The topological polar surface area (TPSA) is 48.7 Å².